The highest BCUT2D eigenvalue weighted by Crippen LogP contribution is 2.35. The number of nitrogens with zero attached hydrogens (tertiary/aromatic N) is 1. The van der Waals surface area contributed by atoms with Gasteiger partial charge >= 0.3 is 6.18 Å². The molecule has 108 valence electrons. The minimum Gasteiger partial charge on any atom is -0.383 e. The van der Waals surface area contributed by atoms with Crippen molar-refractivity contribution in [2.75, 3.05) is 29.1 Å². The van der Waals surface area contributed by atoms with Gasteiger partial charge in [-0.2, -0.15) is 42.0 Å². The van der Waals surface area contributed by atoms with E-state index in [1.807, 2.05) is 17.8 Å². The second kappa shape index (κ2) is 6.64. The molecule has 1 heterocycles. The number of hydrogen-bond acceptors (Lipinski definition) is 4. The molecule has 1 aromatic carbocycles. The lowest BCUT2D eigenvalue weighted by molar-refractivity contribution is -0.136. The molecule has 20 heavy (non-hydrogen) atoms. The van der Waals surface area contributed by atoms with Gasteiger partial charge in [-0.1, -0.05) is 0 Å². The van der Waals surface area contributed by atoms with Crippen LogP contribution in [0.25, 0.3) is 0 Å². The minimum atomic E-state index is -4.41. The van der Waals surface area contributed by atoms with E-state index in [4.69, 9.17) is 5.26 Å². The smallest absolute Gasteiger partial charge is 0.383 e. The SMILES string of the molecule is N#Cc1ccc(C(F)(F)F)c(NCC2CSCCS2)c1. The number of anilines is 1. The summed E-state index contributed by atoms with van der Waals surface area (Å²) < 4.78 is 38.8. The topological polar surface area (TPSA) is 35.8 Å². The Balaban J connectivity index is 2.13. The first-order valence-electron chi connectivity index (χ1n) is 6.05. The standard InChI is InChI=1S/C13H13F3N2S2/c14-13(15,16)11-2-1-9(6-17)5-12(11)18-7-10-8-19-3-4-20-10/h1-2,5,10,18H,3-4,7-8H2. The number of halogens is 3. The fourth-order valence-electron chi connectivity index (χ4n) is 1.89. The third kappa shape index (κ3) is 4.00. The van der Waals surface area contributed by atoms with Gasteiger partial charge in [0.15, 0.2) is 0 Å². The van der Waals surface area contributed by atoms with Crippen molar-refractivity contribution in [3.63, 3.8) is 0 Å². The van der Waals surface area contributed by atoms with E-state index in [9.17, 15) is 13.2 Å². The van der Waals surface area contributed by atoms with E-state index < -0.39 is 11.7 Å². The van der Waals surface area contributed by atoms with Crippen molar-refractivity contribution >= 4 is 29.2 Å². The van der Waals surface area contributed by atoms with Crippen molar-refractivity contribution in [1.29, 1.82) is 5.26 Å². The zero-order valence-corrected chi connectivity index (χ0v) is 12.2. The monoisotopic (exact) mass is 318 g/mol. The number of rotatable bonds is 3. The van der Waals surface area contributed by atoms with Gasteiger partial charge in [0.1, 0.15) is 0 Å². The highest BCUT2D eigenvalue weighted by molar-refractivity contribution is 8.06. The van der Waals surface area contributed by atoms with Crippen molar-refractivity contribution in [1.82, 2.24) is 0 Å². The average Bonchev–Trinajstić information content (AvgIpc) is 2.45. The lowest BCUT2D eigenvalue weighted by Crippen LogP contribution is -2.24. The number of hydrogen-bond donors (Lipinski definition) is 1. The Morgan fingerprint density at radius 3 is 2.75 bits per heavy atom. The summed E-state index contributed by atoms with van der Waals surface area (Å²) in [4.78, 5) is 0. The Hall–Kier alpha value is -1.00. The van der Waals surface area contributed by atoms with E-state index in [0.29, 0.717) is 11.8 Å². The molecule has 7 heteroatoms. The van der Waals surface area contributed by atoms with Gasteiger partial charge < -0.3 is 5.32 Å². The molecule has 0 saturated carbocycles. The molecule has 0 aromatic heterocycles. The first kappa shape index (κ1) is 15.4. The van der Waals surface area contributed by atoms with E-state index in [1.54, 1.807) is 11.8 Å². The highest BCUT2D eigenvalue weighted by atomic mass is 32.2. The Kier molecular flexibility index (Phi) is 5.11. The van der Waals surface area contributed by atoms with Crippen LogP contribution in [0.3, 0.4) is 0 Å². The molecular formula is C13H13F3N2S2. The zero-order chi connectivity index (χ0) is 14.6. The number of nitriles is 1. The molecule has 2 nitrogen and oxygen atoms in total. The van der Waals surface area contributed by atoms with Crippen molar-refractivity contribution in [3.05, 3.63) is 29.3 Å². The molecule has 1 unspecified atom stereocenters. The predicted octanol–water partition coefficient (Wildman–Crippen LogP) is 3.84. The Morgan fingerprint density at radius 2 is 2.15 bits per heavy atom. The van der Waals surface area contributed by atoms with Crippen LogP contribution in [0.1, 0.15) is 11.1 Å². The second-order valence-electron chi connectivity index (χ2n) is 4.32. The molecule has 0 spiro atoms. The first-order chi connectivity index (χ1) is 9.50. The Labute approximate surface area is 124 Å². The summed E-state index contributed by atoms with van der Waals surface area (Å²) in [6, 6.07) is 5.29. The van der Waals surface area contributed by atoms with Gasteiger partial charge in [0.25, 0.3) is 0 Å². The molecule has 1 aliphatic rings. The maximum Gasteiger partial charge on any atom is 0.418 e. The molecular weight excluding hydrogens is 305 g/mol. The molecule has 0 radical (unpaired) electrons. The number of alkyl halides is 3. The van der Waals surface area contributed by atoms with Crippen molar-refractivity contribution in [2.45, 2.75) is 11.4 Å². The van der Waals surface area contributed by atoms with Gasteiger partial charge in [-0.25, -0.2) is 0 Å². The molecule has 1 atom stereocenters. The molecule has 0 amide bonds. The summed E-state index contributed by atoms with van der Waals surface area (Å²) >= 11 is 3.60. The molecule has 1 aliphatic heterocycles. The van der Waals surface area contributed by atoms with E-state index in [2.05, 4.69) is 5.32 Å². The number of benzene rings is 1. The van der Waals surface area contributed by atoms with Crippen LogP contribution in [0, 0.1) is 11.3 Å². The first-order valence-corrected chi connectivity index (χ1v) is 8.25. The summed E-state index contributed by atoms with van der Waals surface area (Å²) in [5.74, 6) is 3.07. The van der Waals surface area contributed by atoms with Crippen molar-refractivity contribution < 1.29 is 13.2 Å². The van der Waals surface area contributed by atoms with Gasteiger partial charge in [-0.15, -0.1) is 0 Å². The van der Waals surface area contributed by atoms with Gasteiger partial charge in [0.05, 0.1) is 17.2 Å². The molecule has 1 fully saturated rings. The summed E-state index contributed by atoms with van der Waals surface area (Å²) in [6.07, 6.45) is -4.41. The van der Waals surface area contributed by atoms with Crippen LogP contribution in [-0.4, -0.2) is 29.1 Å². The molecule has 1 saturated heterocycles. The Bertz CT molecular complexity index is 505. The summed E-state index contributed by atoms with van der Waals surface area (Å²) in [7, 11) is 0. The van der Waals surface area contributed by atoms with E-state index >= 15 is 0 Å². The van der Waals surface area contributed by atoms with E-state index in [0.717, 1.165) is 23.3 Å². The number of nitrogens with one attached hydrogen (secondary N) is 1. The molecule has 1 aromatic rings. The van der Waals surface area contributed by atoms with Crippen LogP contribution in [-0.2, 0) is 6.18 Å². The largest absolute Gasteiger partial charge is 0.418 e. The van der Waals surface area contributed by atoms with Crippen LogP contribution < -0.4 is 5.32 Å². The van der Waals surface area contributed by atoms with Gasteiger partial charge in [-0.05, 0) is 18.2 Å². The van der Waals surface area contributed by atoms with Crippen LogP contribution in [0.5, 0.6) is 0 Å². The van der Waals surface area contributed by atoms with Crippen molar-refractivity contribution in [3.8, 4) is 6.07 Å². The quantitative estimate of drug-likeness (QED) is 0.918. The summed E-state index contributed by atoms with van der Waals surface area (Å²) in [5.41, 5.74) is -0.496. The predicted molar refractivity (Wildman–Crippen MR) is 78.2 cm³/mol. The van der Waals surface area contributed by atoms with Gasteiger partial charge in [0, 0.05) is 34.7 Å². The fraction of sp³-hybridized carbons (Fsp3) is 0.462. The maximum absolute atomic E-state index is 12.9. The second-order valence-corrected chi connectivity index (χ2v) is 6.88. The normalized spacial score (nSPS) is 19.4. The fourth-order valence-corrected chi connectivity index (χ4v) is 4.50. The van der Waals surface area contributed by atoms with Crippen molar-refractivity contribution in [2.24, 2.45) is 0 Å². The van der Waals surface area contributed by atoms with Crippen LogP contribution in [0.2, 0.25) is 0 Å². The van der Waals surface area contributed by atoms with Gasteiger partial charge in [-0.3, -0.25) is 0 Å². The van der Waals surface area contributed by atoms with Crippen LogP contribution >= 0.6 is 23.5 Å². The molecule has 0 aliphatic carbocycles. The lowest BCUT2D eigenvalue weighted by atomic mass is 10.1. The average molecular weight is 318 g/mol. The highest BCUT2D eigenvalue weighted by Gasteiger charge is 2.33. The van der Waals surface area contributed by atoms with E-state index in [-0.39, 0.29) is 11.3 Å². The number of thioether (sulfide) groups is 2. The van der Waals surface area contributed by atoms with Gasteiger partial charge in [0.2, 0.25) is 0 Å². The van der Waals surface area contributed by atoms with Crippen LogP contribution in [0.4, 0.5) is 18.9 Å². The maximum atomic E-state index is 12.9. The third-order valence-corrected chi connectivity index (χ3v) is 5.70. The van der Waals surface area contributed by atoms with Crippen LogP contribution in [0.15, 0.2) is 18.2 Å². The summed E-state index contributed by atoms with van der Waals surface area (Å²) in [6.45, 7) is 0.482. The summed E-state index contributed by atoms with van der Waals surface area (Å²) in [5, 5.41) is 12.0. The molecule has 0 bridgehead atoms. The lowest BCUT2D eigenvalue weighted by Gasteiger charge is -2.23. The minimum absolute atomic E-state index is 0.00674. The van der Waals surface area contributed by atoms with E-state index in [1.165, 1.54) is 12.1 Å². The third-order valence-electron chi connectivity index (χ3n) is 2.86. The zero-order valence-electron chi connectivity index (χ0n) is 10.5. The Morgan fingerprint density at radius 1 is 1.35 bits per heavy atom. The molecule has 1 N–H and O–H groups in total. The molecule has 2 rings (SSSR count).